The van der Waals surface area contributed by atoms with E-state index in [1.54, 1.807) is 11.3 Å². The smallest absolute Gasteiger partial charge is 0.237 e. The molecule has 0 saturated carbocycles. The number of aromatic nitrogens is 1. The van der Waals surface area contributed by atoms with Gasteiger partial charge in [0.2, 0.25) is 5.89 Å². The van der Waals surface area contributed by atoms with Crippen LogP contribution in [0.1, 0.15) is 12.5 Å². The van der Waals surface area contributed by atoms with Crippen LogP contribution >= 0.6 is 11.3 Å². The number of fused-ring (bicyclic) bond motifs is 1. The van der Waals surface area contributed by atoms with E-state index >= 15 is 0 Å². The minimum Gasteiger partial charge on any atom is -0.435 e. The Labute approximate surface area is 109 Å². The number of oxazole rings is 1. The average Bonchev–Trinajstić information content (AvgIpc) is 3.03. The van der Waals surface area contributed by atoms with Crippen molar-refractivity contribution in [3.63, 3.8) is 0 Å². The van der Waals surface area contributed by atoms with Crippen molar-refractivity contribution in [1.82, 2.24) is 10.3 Å². The lowest BCUT2D eigenvalue weighted by Gasteiger charge is -2.00. The summed E-state index contributed by atoms with van der Waals surface area (Å²) in [6.45, 7) is 3.93. The summed E-state index contributed by atoms with van der Waals surface area (Å²) >= 11 is 1.64. The number of thiophene rings is 1. The van der Waals surface area contributed by atoms with Crippen molar-refractivity contribution in [1.29, 1.82) is 0 Å². The number of nitrogens with one attached hydrogen (secondary N) is 1. The Kier molecular flexibility index (Phi) is 3.13. The lowest BCUT2D eigenvalue weighted by molar-refractivity contribution is 0.620. The van der Waals surface area contributed by atoms with Crippen LogP contribution < -0.4 is 5.32 Å². The highest BCUT2D eigenvalue weighted by Crippen LogP contribution is 2.28. The molecule has 0 aliphatic carbocycles. The van der Waals surface area contributed by atoms with Crippen LogP contribution in [-0.2, 0) is 6.54 Å². The van der Waals surface area contributed by atoms with Gasteiger partial charge in [0, 0.05) is 6.54 Å². The molecule has 2 aromatic heterocycles. The van der Waals surface area contributed by atoms with Crippen molar-refractivity contribution in [3.8, 4) is 10.8 Å². The maximum absolute atomic E-state index is 5.80. The number of rotatable bonds is 4. The van der Waals surface area contributed by atoms with Crippen LogP contribution in [0.15, 0.2) is 40.1 Å². The molecule has 3 rings (SSSR count). The Morgan fingerprint density at radius 1 is 1.33 bits per heavy atom. The molecule has 0 spiro atoms. The second-order valence-electron chi connectivity index (χ2n) is 4.08. The van der Waals surface area contributed by atoms with Crippen LogP contribution in [0.2, 0.25) is 0 Å². The summed E-state index contributed by atoms with van der Waals surface area (Å²) in [5.74, 6) is 0.709. The largest absolute Gasteiger partial charge is 0.435 e. The maximum Gasteiger partial charge on any atom is 0.237 e. The molecule has 18 heavy (non-hydrogen) atoms. The van der Waals surface area contributed by atoms with Gasteiger partial charge in [-0.05, 0) is 35.7 Å². The van der Waals surface area contributed by atoms with Gasteiger partial charge in [0.15, 0.2) is 5.58 Å². The molecular formula is C14H14N2OS. The van der Waals surface area contributed by atoms with Gasteiger partial charge in [-0.15, -0.1) is 11.3 Å². The zero-order chi connectivity index (χ0) is 12.4. The molecule has 1 aromatic carbocycles. The molecule has 0 bridgehead atoms. The van der Waals surface area contributed by atoms with Crippen molar-refractivity contribution in [3.05, 3.63) is 41.3 Å². The summed E-state index contributed by atoms with van der Waals surface area (Å²) in [4.78, 5) is 5.57. The van der Waals surface area contributed by atoms with E-state index in [2.05, 4.69) is 29.4 Å². The fourth-order valence-corrected chi connectivity index (χ4v) is 2.50. The maximum atomic E-state index is 5.80. The summed E-state index contributed by atoms with van der Waals surface area (Å²) in [7, 11) is 0. The van der Waals surface area contributed by atoms with Crippen molar-refractivity contribution in [2.75, 3.05) is 6.54 Å². The van der Waals surface area contributed by atoms with E-state index in [9.17, 15) is 0 Å². The SMILES string of the molecule is CCNCc1ccc2nc(-c3cccs3)oc2c1. The molecule has 0 amide bonds. The summed E-state index contributed by atoms with van der Waals surface area (Å²) in [5.41, 5.74) is 2.99. The van der Waals surface area contributed by atoms with E-state index in [0.717, 1.165) is 29.1 Å². The third-order valence-corrected chi connectivity index (χ3v) is 3.62. The third kappa shape index (κ3) is 2.17. The van der Waals surface area contributed by atoms with Gasteiger partial charge in [-0.2, -0.15) is 0 Å². The molecule has 2 heterocycles. The first-order valence-electron chi connectivity index (χ1n) is 6.01. The fraction of sp³-hybridized carbons (Fsp3) is 0.214. The summed E-state index contributed by atoms with van der Waals surface area (Å²) in [6.07, 6.45) is 0. The predicted octanol–water partition coefficient (Wildman–Crippen LogP) is 3.67. The lowest BCUT2D eigenvalue weighted by Crippen LogP contribution is -2.11. The van der Waals surface area contributed by atoms with E-state index in [4.69, 9.17) is 4.42 Å². The van der Waals surface area contributed by atoms with Crippen molar-refractivity contribution in [2.45, 2.75) is 13.5 Å². The highest BCUT2D eigenvalue weighted by Gasteiger charge is 2.09. The van der Waals surface area contributed by atoms with Gasteiger partial charge in [0.05, 0.1) is 4.88 Å². The van der Waals surface area contributed by atoms with E-state index in [1.807, 2.05) is 23.6 Å². The van der Waals surface area contributed by atoms with Crippen molar-refractivity contribution in [2.24, 2.45) is 0 Å². The average molecular weight is 258 g/mol. The quantitative estimate of drug-likeness (QED) is 0.776. The molecule has 92 valence electrons. The van der Waals surface area contributed by atoms with E-state index < -0.39 is 0 Å². The molecule has 0 aliphatic rings. The minimum atomic E-state index is 0.709. The molecule has 1 N–H and O–H groups in total. The van der Waals surface area contributed by atoms with E-state index in [1.165, 1.54) is 5.56 Å². The second kappa shape index (κ2) is 4.92. The highest BCUT2D eigenvalue weighted by atomic mass is 32.1. The van der Waals surface area contributed by atoms with Gasteiger partial charge < -0.3 is 9.73 Å². The van der Waals surface area contributed by atoms with Gasteiger partial charge in [-0.1, -0.05) is 19.1 Å². The van der Waals surface area contributed by atoms with Gasteiger partial charge >= 0.3 is 0 Å². The molecule has 0 aliphatic heterocycles. The van der Waals surface area contributed by atoms with Crippen molar-refractivity contribution < 1.29 is 4.42 Å². The van der Waals surface area contributed by atoms with Crippen LogP contribution in [0.5, 0.6) is 0 Å². The van der Waals surface area contributed by atoms with E-state index in [-0.39, 0.29) is 0 Å². The number of benzene rings is 1. The molecule has 3 nitrogen and oxygen atoms in total. The van der Waals surface area contributed by atoms with Gasteiger partial charge in [0.25, 0.3) is 0 Å². The lowest BCUT2D eigenvalue weighted by atomic mass is 10.2. The first-order valence-corrected chi connectivity index (χ1v) is 6.89. The number of hydrogen-bond acceptors (Lipinski definition) is 4. The number of hydrogen-bond donors (Lipinski definition) is 1. The zero-order valence-corrected chi connectivity index (χ0v) is 11.0. The standard InChI is InChI=1S/C14H14N2OS/c1-2-15-9-10-5-6-11-12(8-10)17-14(16-11)13-4-3-7-18-13/h3-8,15H,2,9H2,1H3. The summed E-state index contributed by atoms with van der Waals surface area (Å²) in [6, 6.07) is 10.2. The molecule has 0 fully saturated rings. The Hall–Kier alpha value is -1.65. The first kappa shape index (κ1) is 11.4. The minimum absolute atomic E-state index is 0.709. The highest BCUT2D eigenvalue weighted by molar-refractivity contribution is 7.13. The van der Waals surface area contributed by atoms with Gasteiger partial charge in [0.1, 0.15) is 5.52 Å². The molecular weight excluding hydrogens is 244 g/mol. The Morgan fingerprint density at radius 2 is 2.28 bits per heavy atom. The van der Waals surface area contributed by atoms with Gasteiger partial charge in [-0.25, -0.2) is 4.98 Å². The normalized spacial score (nSPS) is 11.2. The van der Waals surface area contributed by atoms with Crippen molar-refractivity contribution >= 4 is 22.4 Å². The predicted molar refractivity (Wildman–Crippen MR) is 74.7 cm³/mol. The Bertz CT molecular complexity index is 643. The zero-order valence-electron chi connectivity index (χ0n) is 10.1. The van der Waals surface area contributed by atoms with Crippen LogP contribution in [-0.4, -0.2) is 11.5 Å². The third-order valence-electron chi connectivity index (χ3n) is 2.76. The number of nitrogens with zero attached hydrogens (tertiary/aromatic N) is 1. The van der Waals surface area contributed by atoms with Crippen LogP contribution in [0.3, 0.4) is 0 Å². The fourth-order valence-electron chi connectivity index (χ4n) is 1.85. The monoisotopic (exact) mass is 258 g/mol. The van der Waals surface area contributed by atoms with E-state index in [0.29, 0.717) is 5.89 Å². The Morgan fingerprint density at radius 3 is 3.06 bits per heavy atom. The first-order chi connectivity index (χ1) is 8.86. The summed E-state index contributed by atoms with van der Waals surface area (Å²) < 4.78 is 5.80. The molecule has 4 heteroatoms. The second-order valence-corrected chi connectivity index (χ2v) is 5.03. The Balaban J connectivity index is 1.97. The van der Waals surface area contributed by atoms with Gasteiger partial charge in [-0.3, -0.25) is 0 Å². The molecule has 0 radical (unpaired) electrons. The molecule has 0 saturated heterocycles. The topological polar surface area (TPSA) is 38.1 Å². The van der Waals surface area contributed by atoms with Crippen LogP contribution in [0, 0.1) is 0 Å². The molecule has 3 aromatic rings. The summed E-state index contributed by atoms with van der Waals surface area (Å²) in [5, 5.41) is 5.33. The van der Waals surface area contributed by atoms with Crippen LogP contribution in [0.4, 0.5) is 0 Å². The molecule has 0 unspecified atom stereocenters. The molecule has 0 atom stereocenters. The van der Waals surface area contributed by atoms with Crippen LogP contribution in [0.25, 0.3) is 21.9 Å².